The van der Waals surface area contributed by atoms with Crippen LogP contribution in [0.15, 0.2) is 12.1 Å². The van der Waals surface area contributed by atoms with Gasteiger partial charge in [0, 0.05) is 11.8 Å². The van der Waals surface area contributed by atoms with Gasteiger partial charge in [-0.3, -0.25) is 4.79 Å². The van der Waals surface area contributed by atoms with Crippen molar-refractivity contribution in [2.45, 2.75) is 39.0 Å². The van der Waals surface area contributed by atoms with Gasteiger partial charge in [0.25, 0.3) is 0 Å². The summed E-state index contributed by atoms with van der Waals surface area (Å²) in [6.45, 7) is 2.86. The summed E-state index contributed by atoms with van der Waals surface area (Å²) in [6, 6.07) is 3.66. The minimum Gasteiger partial charge on any atom is -0.491 e. The Hall–Kier alpha value is -1.71. The minimum atomic E-state index is 0.0181. The van der Waals surface area contributed by atoms with Gasteiger partial charge in [-0.2, -0.15) is 0 Å². The molecule has 1 aromatic carbocycles. The van der Waals surface area contributed by atoms with Crippen LogP contribution in [0.4, 0.5) is 11.4 Å². The zero-order chi connectivity index (χ0) is 13.0. The maximum atomic E-state index is 11.3. The van der Waals surface area contributed by atoms with Crippen molar-refractivity contribution in [3.63, 3.8) is 0 Å². The fourth-order valence-corrected chi connectivity index (χ4v) is 2.11. The van der Waals surface area contributed by atoms with E-state index in [0.717, 1.165) is 17.7 Å². The monoisotopic (exact) mass is 248 g/mol. The van der Waals surface area contributed by atoms with Gasteiger partial charge in [-0.25, -0.2) is 0 Å². The zero-order valence-corrected chi connectivity index (χ0v) is 10.8. The first-order valence-corrected chi connectivity index (χ1v) is 6.55. The zero-order valence-electron chi connectivity index (χ0n) is 10.8. The second-order valence-corrected chi connectivity index (χ2v) is 4.68. The van der Waals surface area contributed by atoms with Crippen LogP contribution >= 0.6 is 0 Å². The molecule has 3 N–H and O–H groups in total. The van der Waals surface area contributed by atoms with E-state index in [-0.39, 0.29) is 5.91 Å². The van der Waals surface area contributed by atoms with Crippen LogP contribution in [-0.4, -0.2) is 12.5 Å². The molecule has 2 rings (SSSR count). The highest BCUT2D eigenvalue weighted by Crippen LogP contribution is 2.33. The molecule has 1 aliphatic rings. The number of carbonyl (C=O) groups is 1. The number of anilines is 2. The second kappa shape index (κ2) is 5.76. The second-order valence-electron chi connectivity index (χ2n) is 4.68. The number of nitrogens with one attached hydrogen (secondary N) is 1. The number of carbonyl (C=O) groups excluding carboxylic acids is 1. The van der Waals surface area contributed by atoms with E-state index in [1.54, 1.807) is 0 Å². The third-order valence-electron chi connectivity index (χ3n) is 3.12. The maximum Gasteiger partial charge on any atom is 0.228 e. The lowest BCUT2D eigenvalue weighted by atomic mass is 10.1. The smallest absolute Gasteiger partial charge is 0.228 e. The molecule has 0 atom stereocenters. The van der Waals surface area contributed by atoms with Crippen molar-refractivity contribution < 1.29 is 9.53 Å². The third-order valence-corrected chi connectivity index (χ3v) is 3.12. The minimum absolute atomic E-state index is 0.0181. The van der Waals surface area contributed by atoms with Crippen LogP contribution in [0.25, 0.3) is 0 Å². The number of fused-ring (bicyclic) bond motifs is 1. The number of nitrogen functional groups attached to an aromatic ring is 1. The van der Waals surface area contributed by atoms with Crippen molar-refractivity contribution in [2.75, 3.05) is 17.7 Å². The molecule has 98 valence electrons. The number of benzene rings is 1. The van der Waals surface area contributed by atoms with Gasteiger partial charge in [0.1, 0.15) is 5.75 Å². The van der Waals surface area contributed by atoms with Crippen LogP contribution in [0.2, 0.25) is 0 Å². The number of hydrogen-bond donors (Lipinski definition) is 2. The van der Waals surface area contributed by atoms with Crippen LogP contribution in [-0.2, 0) is 11.2 Å². The Kier molecular flexibility index (Phi) is 4.07. The van der Waals surface area contributed by atoms with E-state index in [2.05, 4.69) is 12.2 Å². The van der Waals surface area contributed by atoms with Crippen LogP contribution in [0, 0.1) is 0 Å². The number of rotatable bonds is 6. The summed E-state index contributed by atoms with van der Waals surface area (Å²) in [4.78, 5) is 11.3. The van der Waals surface area contributed by atoms with Gasteiger partial charge in [-0.15, -0.1) is 0 Å². The highest BCUT2D eigenvalue weighted by molar-refractivity contribution is 6.00. The van der Waals surface area contributed by atoms with Gasteiger partial charge < -0.3 is 15.8 Å². The van der Waals surface area contributed by atoms with E-state index in [1.165, 1.54) is 19.3 Å². The Labute approximate surface area is 108 Å². The SMILES string of the molecule is CCCCCCOc1cc2c(cc1N)CC(=O)N2. The summed E-state index contributed by atoms with van der Waals surface area (Å²) in [5.41, 5.74) is 8.31. The number of hydrogen-bond acceptors (Lipinski definition) is 3. The van der Waals surface area contributed by atoms with Crippen LogP contribution in [0.1, 0.15) is 38.2 Å². The molecule has 0 saturated heterocycles. The van der Waals surface area contributed by atoms with E-state index < -0.39 is 0 Å². The third kappa shape index (κ3) is 2.94. The van der Waals surface area contributed by atoms with Crippen LogP contribution in [0.5, 0.6) is 5.75 Å². The molecule has 0 radical (unpaired) electrons. The Morgan fingerprint density at radius 3 is 2.94 bits per heavy atom. The van der Waals surface area contributed by atoms with Crippen molar-refractivity contribution in [3.8, 4) is 5.75 Å². The fraction of sp³-hybridized carbons (Fsp3) is 0.500. The molecule has 0 unspecified atom stereocenters. The predicted molar refractivity (Wildman–Crippen MR) is 72.8 cm³/mol. The summed E-state index contributed by atoms with van der Waals surface area (Å²) in [7, 11) is 0. The van der Waals surface area contributed by atoms with E-state index in [0.29, 0.717) is 24.5 Å². The first-order chi connectivity index (χ1) is 8.70. The molecule has 0 saturated carbocycles. The van der Waals surface area contributed by atoms with Gasteiger partial charge in [0.05, 0.1) is 18.7 Å². The Bertz CT molecular complexity index is 444. The van der Waals surface area contributed by atoms with Gasteiger partial charge in [-0.05, 0) is 18.1 Å². The fourth-order valence-electron chi connectivity index (χ4n) is 2.11. The summed E-state index contributed by atoms with van der Waals surface area (Å²) in [6.07, 6.45) is 5.08. The number of unbranched alkanes of at least 4 members (excludes halogenated alkanes) is 3. The van der Waals surface area contributed by atoms with E-state index in [1.807, 2.05) is 12.1 Å². The highest BCUT2D eigenvalue weighted by Gasteiger charge is 2.19. The van der Waals surface area contributed by atoms with Crippen molar-refractivity contribution in [1.82, 2.24) is 0 Å². The van der Waals surface area contributed by atoms with Gasteiger partial charge in [0.2, 0.25) is 5.91 Å². The molecule has 1 heterocycles. The Morgan fingerprint density at radius 1 is 1.33 bits per heavy atom. The van der Waals surface area contributed by atoms with Gasteiger partial charge in [0.15, 0.2) is 0 Å². The molecule has 4 heteroatoms. The lowest BCUT2D eigenvalue weighted by molar-refractivity contribution is -0.115. The van der Waals surface area contributed by atoms with Gasteiger partial charge in [-0.1, -0.05) is 26.2 Å². The summed E-state index contributed by atoms with van der Waals surface area (Å²) < 4.78 is 5.67. The summed E-state index contributed by atoms with van der Waals surface area (Å²) >= 11 is 0. The lowest BCUT2D eigenvalue weighted by Crippen LogP contribution is -2.04. The first-order valence-electron chi connectivity index (χ1n) is 6.55. The standard InChI is InChI=1S/C14H20N2O2/c1-2-3-4-5-6-18-13-9-12-10(7-11(13)15)8-14(17)16-12/h7,9H,2-6,8,15H2,1H3,(H,16,17). The summed E-state index contributed by atoms with van der Waals surface area (Å²) in [5, 5.41) is 2.80. The molecule has 4 nitrogen and oxygen atoms in total. The van der Waals surface area contributed by atoms with Crippen LogP contribution < -0.4 is 15.8 Å². The van der Waals surface area contributed by atoms with Crippen molar-refractivity contribution in [1.29, 1.82) is 0 Å². The van der Waals surface area contributed by atoms with Crippen molar-refractivity contribution >= 4 is 17.3 Å². The summed E-state index contributed by atoms with van der Waals surface area (Å²) in [5.74, 6) is 0.692. The molecule has 0 fully saturated rings. The Morgan fingerprint density at radius 2 is 2.17 bits per heavy atom. The molecule has 0 aliphatic carbocycles. The van der Waals surface area contributed by atoms with Crippen LogP contribution in [0.3, 0.4) is 0 Å². The molecule has 1 aliphatic heterocycles. The number of nitrogens with two attached hydrogens (primary N) is 1. The molecular weight excluding hydrogens is 228 g/mol. The average molecular weight is 248 g/mol. The van der Waals surface area contributed by atoms with Crippen molar-refractivity contribution in [3.05, 3.63) is 17.7 Å². The quantitative estimate of drug-likeness (QED) is 0.601. The molecule has 0 bridgehead atoms. The molecular formula is C14H20N2O2. The maximum absolute atomic E-state index is 11.3. The van der Waals surface area contributed by atoms with Gasteiger partial charge >= 0.3 is 0 Å². The average Bonchev–Trinajstić information content (AvgIpc) is 2.68. The molecule has 18 heavy (non-hydrogen) atoms. The normalized spacial score (nSPS) is 13.3. The lowest BCUT2D eigenvalue weighted by Gasteiger charge is -2.10. The van der Waals surface area contributed by atoms with E-state index >= 15 is 0 Å². The Balaban J connectivity index is 1.93. The topological polar surface area (TPSA) is 64.3 Å². The van der Waals surface area contributed by atoms with E-state index in [9.17, 15) is 4.79 Å². The van der Waals surface area contributed by atoms with Crippen molar-refractivity contribution in [2.24, 2.45) is 0 Å². The number of ether oxygens (including phenoxy) is 1. The largest absolute Gasteiger partial charge is 0.491 e. The molecule has 0 aromatic heterocycles. The predicted octanol–water partition coefficient (Wildman–Crippen LogP) is 2.72. The molecule has 1 aromatic rings. The first kappa shape index (κ1) is 12.7. The molecule has 0 spiro atoms. The highest BCUT2D eigenvalue weighted by atomic mass is 16.5. The number of amides is 1. The van der Waals surface area contributed by atoms with E-state index in [4.69, 9.17) is 10.5 Å². The molecule has 1 amide bonds.